The summed E-state index contributed by atoms with van der Waals surface area (Å²) in [6.45, 7) is 1.84. The van der Waals surface area contributed by atoms with Crippen LogP contribution in [-0.2, 0) is 0 Å². The van der Waals surface area contributed by atoms with Crippen molar-refractivity contribution < 1.29 is 9.18 Å². The highest BCUT2D eigenvalue weighted by Gasteiger charge is 2.12. The van der Waals surface area contributed by atoms with Crippen molar-refractivity contribution in [2.75, 3.05) is 5.32 Å². The lowest BCUT2D eigenvalue weighted by Crippen LogP contribution is -2.15. The summed E-state index contributed by atoms with van der Waals surface area (Å²) in [5.74, 6) is -0.591. The first-order valence-corrected chi connectivity index (χ1v) is 6.34. The molecule has 1 amide bonds. The van der Waals surface area contributed by atoms with Crippen LogP contribution in [0.2, 0.25) is 0 Å². The zero-order chi connectivity index (χ0) is 13.1. The van der Waals surface area contributed by atoms with Crippen molar-refractivity contribution in [1.29, 1.82) is 0 Å². The number of halogens is 2. The molecule has 1 heterocycles. The van der Waals surface area contributed by atoms with E-state index in [-0.39, 0.29) is 5.56 Å². The SMILES string of the molecule is Cc1cc(I)cnc1NC(=O)c1ccccc1F. The van der Waals surface area contributed by atoms with Crippen molar-refractivity contribution in [1.82, 2.24) is 4.98 Å². The molecule has 0 bridgehead atoms. The second-order valence-electron chi connectivity index (χ2n) is 3.75. The van der Waals surface area contributed by atoms with Gasteiger partial charge in [-0.3, -0.25) is 4.79 Å². The number of carbonyl (C=O) groups excluding carboxylic acids is 1. The number of nitrogens with zero attached hydrogens (tertiary/aromatic N) is 1. The molecule has 1 aromatic carbocycles. The van der Waals surface area contributed by atoms with Gasteiger partial charge in [-0.05, 0) is 53.3 Å². The number of carbonyl (C=O) groups is 1. The highest BCUT2D eigenvalue weighted by Crippen LogP contribution is 2.16. The molecule has 5 heteroatoms. The van der Waals surface area contributed by atoms with Gasteiger partial charge in [-0.15, -0.1) is 0 Å². The smallest absolute Gasteiger partial charge is 0.259 e. The summed E-state index contributed by atoms with van der Waals surface area (Å²) in [5, 5.41) is 2.60. The van der Waals surface area contributed by atoms with Gasteiger partial charge in [-0.2, -0.15) is 0 Å². The molecule has 0 aliphatic rings. The summed E-state index contributed by atoms with van der Waals surface area (Å²) in [4.78, 5) is 16.0. The van der Waals surface area contributed by atoms with Crippen molar-refractivity contribution in [3.63, 3.8) is 0 Å². The maximum absolute atomic E-state index is 13.4. The quantitative estimate of drug-likeness (QED) is 0.839. The molecule has 92 valence electrons. The average Bonchev–Trinajstić information content (AvgIpc) is 2.33. The van der Waals surface area contributed by atoms with Gasteiger partial charge in [0.2, 0.25) is 0 Å². The first-order chi connectivity index (χ1) is 8.58. The zero-order valence-corrected chi connectivity index (χ0v) is 11.7. The summed E-state index contributed by atoms with van der Waals surface area (Å²) in [6, 6.07) is 7.74. The van der Waals surface area contributed by atoms with E-state index in [9.17, 15) is 9.18 Å². The Labute approximate surface area is 118 Å². The van der Waals surface area contributed by atoms with Crippen LogP contribution < -0.4 is 5.32 Å². The Morgan fingerprint density at radius 3 is 2.78 bits per heavy atom. The molecule has 1 N–H and O–H groups in total. The second-order valence-corrected chi connectivity index (χ2v) is 5.00. The van der Waals surface area contributed by atoms with Crippen LogP contribution in [0, 0.1) is 16.3 Å². The van der Waals surface area contributed by atoms with Gasteiger partial charge in [0.15, 0.2) is 0 Å². The van der Waals surface area contributed by atoms with Crippen molar-refractivity contribution in [2.24, 2.45) is 0 Å². The minimum absolute atomic E-state index is 0.0113. The molecule has 0 unspecified atom stereocenters. The predicted octanol–water partition coefficient (Wildman–Crippen LogP) is 3.39. The first kappa shape index (κ1) is 12.9. The average molecular weight is 356 g/mol. The number of hydrogen-bond donors (Lipinski definition) is 1. The Hall–Kier alpha value is -1.50. The van der Waals surface area contributed by atoms with E-state index in [1.54, 1.807) is 18.3 Å². The van der Waals surface area contributed by atoms with E-state index >= 15 is 0 Å². The van der Waals surface area contributed by atoms with Crippen LogP contribution in [-0.4, -0.2) is 10.9 Å². The van der Waals surface area contributed by atoms with Crippen LogP contribution in [0.4, 0.5) is 10.2 Å². The van der Waals surface area contributed by atoms with E-state index in [0.717, 1.165) is 9.13 Å². The van der Waals surface area contributed by atoms with Gasteiger partial charge in [-0.25, -0.2) is 9.37 Å². The van der Waals surface area contributed by atoms with Gasteiger partial charge in [-0.1, -0.05) is 12.1 Å². The molecule has 3 nitrogen and oxygen atoms in total. The monoisotopic (exact) mass is 356 g/mol. The highest BCUT2D eigenvalue weighted by atomic mass is 127. The number of hydrogen-bond acceptors (Lipinski definition) is 2. The lowest BCUT2D eigenvalue weighted by Gasteiger charge is -2.08. The lowest BCUT2D eigenvalue weighted by atomic mass is 10.2. The Morgan fingerprint density at radius 1 is 1.39 bits per heavy atom. The summed E-state index contributed by atoms with van der Waals surface area (Å²) in [6.07, 6.45) is 1.64. The fourth-order valence-corrected chi connectivity index (χ4v) is 2.10. The molecule has 0 saturated carbocycles. The summed E-state index contributed by atoms with van der Waals surface area (Å²) in [5.41, 5.74) is 0.851. The zero-order valence-electron chi connectivity index (χ0n) is 9.58. The maximum atomic E-state index is 13.4. The van der Waals surface area contributed by atoms with Crippen LogP contribution >= 0.6 is 22.6 Å². The van der Waals surface area contributed by atoms with Crippen molar-refractivity contribution in [3.05, 3.63) is 57.0 Å². The molecule has 0 aliphatic carbocycles. The first-order valence-electron chi connectivity index (χ1n) is 5.26. The molecule has 0 fully saturated rings. The number of aromatic nitrogens is 1. The van der Waals surface area contributed by atoms with E-state index < -0.39 is 11.7 Å². The van der Waals surface area contributed by atoms with Gasteiger partial charge < -0.3 is 5.32 Å². The molecule has 0 radical (unpaired) electrons. The van der Waals surface area contributed by atoms with Crippen LogP contribution in [0.15, 0.2) is 36.5 Å². The van der Waals surface area contributed by atoms with Crippen molar-refractivity contribution in [3.8, 4) is 0 Å². The van der Waals surface area contributed by atoms with Gasteiger partial charge >= 0.3 is 0 Å². The predicted molar refractivity (Wildman–Crippen MR) is 76.0 cm³/mol. The fourth-order valence-electron chi connectivity index (χ4n) is 1.49. The third kappa shape index (κ3) is 2.84. The fraction of sp³-hybridized carbons (Fsp3) is 0.0769. The van der Waals surface area contributed by atoms with E-state index in [1.807, 2.05) is 13.0 Å². The minimum Gasteiger partial charge on any atom is -0.306 e. The number of anilines is 1. The molecule has 0 spiro atoms. The molecule has 18 heavy (non-hydrogen) atoms. The molecule has 2 rings (SSSR count). The summed E-state index contributed by atoms with van der Waals surface area (Å²) >= 11 is 2.14. The third-order valence-electron chi connectivity index (χ3n) is 2.40. The highest BCUT2D eigenvalue weighted by molar-refractivity contribution is 14.1. The van der Waals surface area contributed by atoms with E-state index in [4.69, 9.17) is 0 Å². The van der Waals surface area contributed by atoms with Crippen molar-refractivity contribution >= 4 is 34.3 Å². The Balaban J connectivity index is 2.24. The second kappa shape index (κ2) is 5.43. The largest absolute Gasteiger partial charge is 0.306 e. The minimum atomic E-state index is -0.543. The van der Waals surface area contributed by atoms with Crippen LogP contribution in [0.1, 0.15) is 15.9 Å². The molecule has 0 atom stereocenters. The molecule has 0 aliphatic heterocycles. The molecular weight excluding hydrogens is 346 g/mol. The molecule has 2 aromatic rings. The number of rotatable bonds is 2. The number of aryl methyl sites for hydroxylation is 1. The number of nitrogens with one attached hydrogen (secondary N) is 1. The van der Waals surface area contributed by atoms with Crippen molar-refractivity contribution in [2.45, 2.75) is 6.92 Å². The van der Waals surface area contributed by atoms with Crippen LogP contribution in [0.5, 0.6) is 0 Å². The Morgan fingerprint density at radius 2 is 2.11 bits per heavy atom. The number of benzene rings is 1. The summed E-state index contributed by atoms with van der Waals surface area (Å²) < 4.78 is 14.4. The number of amides is 1. The maximum Gasteiger partial charge on any atom is 0.259 e. The molecule has 0 saturated heterocycles. The standard InChI is InChI=1S/C13H10FIN2O/c1-8-6-9(15)7-16-12(8)17-13(18)10-4-2-3-5-11(10)14/h2-7H,1H3,(H,16,17,18). The third-order valence-corrected chi connectivity index (χ3v) is 2.99. The van der Waals surface area contributed by atoms with Crippen LogP contribution in [0.3, 0.4) is 0 Å². The molecular formula is C13H10FIN2O. The van der Waals surface area contributed by atoms with Gasteiger partial charge in [0, 0.05) is 9.77 Å². The van der Waals surface area contributed by atoms with Gasteiger partial charge in [0.1, 0.15) is 11.6 Å². The number of pyridine rings is 1. The summed E-state index contributed by atoms with van der Waals surface area (Å²) in [7, 11) is 0. The van der Waals surface area contributed by atoms with Gasteiger partial charge in [0.05, 0.1) is 5.56 Å². The lowest BCUT2D eigenvalue weighted by molar-refractivity contribution is 0.102. The van der Waals surface area contributed by atoms with E-state index in [0.29, 0.717) is 5.82 Å². The van der Waals surface area contributed by atoms with E-state index in [1.165, 1.54) is 12.1 Å². The normalized spacial score (nSPS) is 10.2. The Bertz CT molecular complexity index is 601. The molecule has 1 aromatic heterocycles. The Kier molecular flexibility index (Phi) is 3.90. The van der Waals surface area contributed by atoms with Gasteiger partial charge in [0.25, 0.3) is 5.91 Å². The topological polar surface area (TPSA) is 42.0 Å². The van der Waals surface area contributed by atoms with E-state index in [2.05, 4.69) is 32.9 Å². The van der Waals surface area contributed by atoms with Crippen LogP contribution in [0.25, 0.3) is 0 Å².